The highest BCUT2D eigenvalue weighted by atomic mass is 35.5. The Bertz CT molecular complexity index is 195. The van der Waals surface area contributed by atoms with E-state index in [0.717, 1.165) is 0 Å². The number of alkyl halides is 2. The molecule has 0 aromatic heterocycles. The molecule has 0 aliphatic carbocycles. The molecule has 0 heterocycles. The fourth-order valence-electron chi connectivity index (χ4n) is 0.534. The minimum atomic E-state index is 0.194. The molecule has 0 unspecified atom stereocenters. The standard InChI is InChI=1S/C7H8.CH2Cl2.H2N2S/c1-7-5-3-2-4-6-7;2-1-3;1-2-3/h2-6H,1H3;1H2;(H2,1,3). The molecule has 74 valence electrons. The zero-order chi connectivity index (χ0) is 10.5. The van der Waals surface area contributed by atoms with Gasteiger partial charge in [0.1, 0.15) is 0 Å². The maximum absolute atomic E-state index is 4.76. The van der Waals surface area contributed by atoms with Gasteiger partial charge in [0.15, 0.2) is 0 Å². The van der Waals surface area contributed by atoms with Crippen molar-refractivity contribution < 1.29 is 0 Å². The van der Waals surface area contributed by atoms with Gasteiger partial charge in [-0.1, -0.05) is 35.9 Å². The maximum Gasteiger partial charge on any atom is 0.0967 e. The summed E-state index contributed by atoms with van der Waals surface area (Å²) < 4.78 is 2.58. The summed E-state index contributed by atoms with van der Waals surface area (Å²) in [5.74, 6) is 4.29. The molecule has 5 heteroatoms. The Morgan fingerprint density at radius 3 is 1.77 bits per heavy atom. The number of benzene rings is 1. The van der Waals surface area contributed by atoms with Gasteiger partial charge in [0.25, 0.3) is 0 Å². The topological polar surface area (TPSA) is 38.4 Å². The van der Waals surface area contributed by atoms with Crippen molar-refractivity contribution in [2.24, 2.45) is 10.3 Å². The zero-order valence-corrected chi connectivity index (χ0v) is 9.61. The van der Waals surface area contributed by atoms with Crippen molar-refractivity contribution in [2.45, 2.75) is 6.92 Å². The average Bonchev–Trinajstić information content (AvgIpc) is 2.08. The van der Waals surface area contributed by atoms with Crippen LogP contribution in [0, 0.1) is 6.92 Å². The summed E-state index contributed by atoms with van der Waals surface area (Å²) in [6.07, 6.45) is 0. The fraction of sp³-hybridized carbons (Fsp3) is 0.250. The number of rotatable bonds is 0. The second kappa shape index (κ2) is 14.2. The molecular weight excluding hydrogens is 227 g/mol. The van der Waals surface area contributed by atoms with E-state index >= 15 is 0 Å². The molecule has 0 aliphatic rings. The van der Waals surface area contributed by atoms with Crippen LogP contribution in [0.5, 0.6) is 0 Å². The van der Waals surface area contributed by atoms with Crippen molar-refractivity contribution in [3.05, 3.63) is 35.9 Å². The van der Waals surface area contributed by atoms with Crippen LogP contribution in [-0.4, -0.2) is 5.34 Å². The first kappa shape index (κ1) is 15.1. The van der Waals surface area contributed by atoms with Gasteiger partial charge in [-0.05, 0) is 6.92 Å². The molecule has 0 aliphatic heterocycles. The first-order chi connectivity index (χ1) is 6.22. The number of aryl methyl sites for hydroxylation is 1. The lowest BCUT2D eigenvalue weighted by atomic mass is 10.2. The third-order valence-corrected chi connectivity index (χ3v) is 0.940. The van der Waals surface area contributed by atoms with Gasteiger partial charge >= 0.3 is 0 Å². The highest BCUT2D eigenvalue weighted by Crippen LogP contribution is 1.92. The van der Waals surface area contributed by atoms with Gasteiger partial charge < -0.3 is 5.84 Å². The summed E-state index contributed by atoms with van der Waals surface area (Å²) in [5, 5.41) is 0.194. The molecule has 1 rings (SSSR count). The van der Waals surface area contributed by atoms with Crippen LogP contribution in [0.25, 0.3) is 0 Å². The number of nitrogens with two attached hydrogens (primary N) is 1. The summed E-state index contributed by atoms with van der Waals surface area (Å²) in [7, 11) is 0. The van der Waals surface area contributed by atoms with E-state index in [1.807, 2.05) is 18.2 Å². The van der Waals surface area contributed by atoms with E-state index in [1.165, 1.54) is 5.56 Å². The minimum absolute atomic E-state index is 0.194. The first-order valence-corrected chi connectivity index (χ1v) is 4.82. The average molecular weight is 239 g/mol. The molecule has 0 saturated heterocycles. The van der Waals surface area contributed by atoms with E-state index in [2.05, 4.69) is 41.8 Å². The third kappa shape index (κ3) is 18.5. The van der Waals surface area contributed by atoms with Gasteiger partial charge in [-0.3, -0.25) is 0 Å². The molecule has 0 atom stereocenters. The monoisotopic (exact) mass is 238 g/mol. The Hall–Kier alpha value is -0.380. The summed E-state index contributed by atoms with van der Waals surface area (Å²) >= 11 is 13.3. The van der Waals surface area contributed by atoms with Gasteiger partial charge in [0.2, 0.25) is 0 Å². The lowest BCUT2D eigenvalue weighted by molar-refractivity contribution is 1.30. The predicted octanol–water partition coefficient (Wildman–Crippen LogP) is 3.01. The molecule has 0 bridgehead atoms. The second-order valence-electron chi connectivity index (χ2n) is 1.86. The summed E-state index contributed by atoms with van der Waals surface area (Å²) in [4.78, 5) is 0. The first-order valence-electron chi connectivity index (χ1n) is 3.39. The van der Waals surface area contributed by atoms with Crippen LogP contribution in [-0.2, 0) is 12.4 Å². The van der Waals surface area contributed by atoms with Crippen LogP contribution in [0.3, 0.4) is 0 Å². The molecule has 0 amide bonds. The van der Waals surface area contributed by atoms with Crippen molar-refractivity contribution in [1.82, 2.24) is 0 Å². The van der Waals surface area contributed by atoms with Gasteiger partial charge in [0, 0.05) is 0 Å². The molecule has 1 aromatic carbocycles. The van der Waals surface area contributed by atoms with Gasteiger partial charge in [-0.25, -0.2) is 0 Å². The molecule has 2 nitrogen and oxygen atoms in total. The lowest BCUT2D eigenvalue weighted by Crippen LogP contribution is -1.66. The third-order valence-electron chi connectivity index (χ3n) is 0.940. The van der Waals surface area contributed by atoms with E-state index < -0.39 is 0 Å². The summed E-state index contributed by atoms with van der Waals surface area (Å²) in [6.45, 7) is 2.08. The normalized spacial score (nSPS) is 7.00. The maximum atomic E-state index is 4.76. The van der Waals surface area contributed by atoms with Crippen LogP contribution in [0.2, 0.25) is 0 Å². The van der Waals surface area contributed by atoms with Crippen molar-refractivity contribution in [2.75, 3.05) is 5.34 Å². The van der Waals surface area contributed by atoms with Crippen LogP contribution in [0.15, 0.2) is 34.8 Å². The van der Waals surface area contributed by atoms with Crippen LogP contribution in [0.4, 0.5) is 0 Å². The smallest absolute Gasteiger partial charge is 0.0967 e. The lowest BCUT2D eigenvalue weighted by Gasteiger charge is -1.82. The van der Waals surface area contributed by atoms with Crippen LogP contribution in [0.1, 0.15) is 5.56 Å². The molecule has 0 spiro atoms. The van der Waals surface area contributed by atoms with Gasteiger partial charge in [-0.15, -0.1) is 27.7 Å². The Balaban J connectivity index is 0. The number of nitrogens with zero attached hydrogens (tertiary/aromatic N) is 1. The summed E-state index contributed by atoms with van der Waals surface area (Å²) in [6, 6.07) is 10.3. The summed E-state index contributed by atoms with van der Waals surface area (Å²) in [5.41, 5.74) is 1.32. The predicted molar refractivity (Wildman–Crippen MR) is 61.7 cm³/mol. The number of halogens is 2. The van der Waals surface area contributed by atoms with Crippen LogP contribution >= 0.6 is 23.2 Å². The van der Waals surface area contributed by atoms with E-state index in [9.17, 15) is 0 Å². The van der Waals surface area contributed by atoms with E-state index in [4.69, 9.17) is 23.2 Å². The minimum Gasteiger partial charge on any atom is -0.312 e. The number of hydrogen-bond donors (Lipinski definition) is 1. The molecule has 2 N–H and O–H groups in total. The number of hydrogen-bond acceptors (Lipinski definition) is 2. The second-order valence-corrected chi connectivity index (χ2v) is 2.88. The zero-order valence-electron chi connectivity index (χ0n) is 7.28. The molecule has 0 saturated carbocycles. The highest BCUT2D eigenvalue weighted by Gasteiger charge is 1.72. The van der Waals surface area contributed by atoms with E-state index in [0.29, 0.717) is 0 Å². The largest absolute Gasteiger partial charge is 0.312 e. The Labute approximate surface area is 94.2 Å². The Morgan fingerprint density at radius 2 is 1.62 bits per heavy atom. The van der Waals surface area contributed by atoms with E-state index in [1.54, 1.807) is 0 Å². The molecule has 1 aromatic rings. The van der Waals surface area contributed by atoms with Crippen LogP contribution < -0.4 is 5.84 Å². The van der Waals surface area contributed by atoms with Crippen molar-refractivity contribution in [1.29, 1.82) is 0 Å². The SMILES string of the molecule is Cc1ccccc1.ClCCl.NN=S. The molecule has 0 fully saturated rings. The van der Waals surface area contributed by atoms with Crippen molar-refractivity contribution in [3.8, 4) is 0 Å². The Morgan fingerprint density at radius 1 is 1.31 bits per heavy atom. The molecule has 0 radical (unpaired) electrons. The quantitative estimate of drug-likeness (QED) is 0.429. The van der Waals surface area contributed by atoms with Crippen molar-refractivity contribution in [3.63, 3.8) is 0 Å². The highest BCUT2D eigenvalue weighted by molar-refractivity contribution is 7.47. The van der Waals surface area contributed by atoms with E-state index in [-0.39, 0.29) is 5.34 Å². The van der Waals surface area contributed by atoms with Crippen molar-refractivity contribution >= 4 is 35.6 Å². The fourth-order valence-corrected chi connectivity index (χ4v) is 0.534. The molecule has 13 heavy (non-hydrogen) atoms. The van der Waals surface area contributed by atoms with Gasteiger partial charge in [-0.2, -0.15) is 0 Å². The van der Waals surface area contributed by atoms with Gasteiger partial charge in [0.05, 0.1) is 17.8 Å². The molecular formula is C8H12Cl2N2S. The Kier molecular flexibility index (Phi) is 16.5.